The highest BCUT2D eigenvalue weighted by Gasteiger charge is 2.32. The van der Waals surface area contributed by atoms with Crippen LogP contribution in [0.25, 0.3) is 0 Å². The molecule has 1 amide bonds. The zero-order valence-corrected chi connectivity index (χ0v) is 12.2. The second kappa shape index (κ2) is 6.53. The van der Waals surface area contributed by atoms with Crippen molar-refractivity contribution in [2.24, 2.45) is 0 Å². The number of ether oxygens (including phenoxy) is 1. The normalized spacial score (nSPS) is 14.1. The van der Waals surface area contributed by atoms with Gasteiger partial charge in [-0.2, -0.15) is 0 Å². The lowest BCUT2D eigenvalue weighted by Gasteiger charge is -2.06. The second-order valence-electron chi connectivity index (χ2n) is 4.55. The smallest absolute Gasteiger partial charge is 0.341 e. The van der Waals surface area contributed by atoms with Crippen molar-refractivity contribution in [3.8, 4) is 0 Å². The lowest BCUT2D eigenvalue weighted by molar-refractivity contribution is -0.131. The van der Waals surface area contributed by atoms with E-state index < -0.39 is 17.8 Å². The number of rotatable bonds is 6. The molecule has 0 unspecified atom stereocenters. The highest BCUT2D eigenvalue weighted by atomic mass is 32.1. The average Bonchev–Trinajstić information content (AvgIpc) is 3.18. The monoisotopic (exact) mass is 309 g/mol. The Morgan fingerprint density at radius 1 is 1.43 bits per heavy atom. The number of anilines is 1. The minimum absolute atomic E-state index is 0.255. The van der Waals surface area contributed by atoms with Crippen molar-refractivity contribution in [2.45, 2.75) is 25.7 Å². The van der Waals surface area contributed by atoms with E-state index in [-0.39, 0.29) is 6.61 Å². The molecule has 2 rings (SSSR count). The van der Waals surface area contributed by atoms with Gasteiger partial charge in [0, 0.05) is 12.2 Å². The minimum Gasteiger partial charge on any atom is -0.478 e. The number of aliphatic carboxylic acids is 1. The summed E-state index contributed by atoms with van der Waals surface area (Å²) in [4.78, 5) is 34.1. The molecule has 1 aliphatic rings. The number of nitrogens with one attached hydrogen (secondary N) is 1. The average molecular weight is 309 g/mol. The molecule has 0 spiro atoms. The fraction of sp³-hybridized carbons (Fsp3) is 0.357. The van der Waals surface area contributed by atoms with E-state index in [0.717, 1.165) is 30.6 Å². The molecule has 21 heavy (non-hydrogen) atoms. The number of carboxylic acid groups (broad SMARTS) is 1. The van der Waals surface area contributed by atoms with E-state index in [2.05, 4.69) is 5.32 Å². The summed E-state index contributed by atoms with van der Waals surface area (Å²) in [5.74, 6) is -1.91. The Balaban J connectivity index is 2.20. The first-order valence-electron chi connectivity index (χ1n) is 6.53. The van der Waals surface area contributed by atoms with Crippen molar-refractivity contribution in [3.05, 3.63) is 28.7 Å². The molecule has 112 valence electrons. The van der Waals surface area contributed by atoms with E-state index in [1.807, 2.05) is 5.38 Å². The zero-order valence-electron chi connectivity index (χ0n) is 11.4. The maximum atomic E-state index is 12.0. The molecule has 2 N–H and O–H groups in total. The van der Waals surface area contributed by atoms with Gasteiger partial charge in [0.1, 0.15) is 5.00 Å². The number of hydrogen-bond acceptors (Lipinski definition) is 5. The largest absolute Gasteiger partial charge is 0.478 e. The molecule has 1 heterocycles. The standard InChI is InChI=1S/C14H15NO5S/c1-2-20-14(19)12-9(8-3-4-8)7-21-13(12)15-10(16)5-6-11(17)18/h5-8H,2-4H2,1H3,(H,15,16)(H,17,18)/b6-5+. The summed E-state index contributed by atoms with van der Waals surface area (Å²) < 4.78 is 5.03. The topological polar surface area (TPSA) is 92.7 Å². The molecule has 0 atom stereocenters. The van der Waals surface area contributed by atoms with Crippen LogP contribution in [-0.2, 0) is 14.3 Å². The fourth-order valence-electron chi connectivity index (χ4n) is 1.87. The number of thiophene rings is 1. The summed E-state index contributed by atoms with van der Waals surface area (Å²) in [7, 11) is 0. The van der Waals surface area contributed by atoms with Crippen molar-refractivity contribution in [2.75, 3.05) is 11.9 Å². The summed E-state index contributed by atoms with van der Waals surface area (Å²) in [6, 6.07) is 0. The van der Waals surface area contributed by atoms with Crippen LogP contribution in [0.3, 0.4) is 0 Å². The van der Waals surface area contributed by atoms with Gasteiger partial charge in [0.05, 0.1) is 12.2 Å². The molecule has 0 bridgehead atoms. The maximum Gasteiger partial charge on any atom is 0.341 e. The second-order valence-corrected chi connectivity index (χ2v) is 5.43. The Kier molecular flexibility index (Phi) is 4.74. The van der Waals surface area contributed by atoms with Crippen molar-refractivity contribution in [1.29, 1.82) is 0 Å². The molecular formula is C14H15NO5S. The number of carboxylic acids is 1. The van der Waals surface area contributed by atoms with Gasteiger partial charge in [-0.15, -0.1) is 11.3 Å². The third-order valence-corrected chi connectivity index (χ3v) is 3.84. The van der Waals surface area contributed by atoms with Crippen molar-refractivity contribution in [1.82, 2.24) is 0 Å². The van der Waals surface area contributed by atoms with Crippen LogP contribution >= 0.6 is 11.3 Å². The Hall–Kier alpha value is -2.15. The molecule has 0 saturated heterocycles. The third-order valence-electron chi connectivity index (χ3n) is 2.93. The van der Waals surface area contributed by atoms with Crippen LogP contribution in [0.1, 0.15) is 41.6 Å². The number of hydrogen-bond donors (Lipinski definition) is 2. The highest BCUT2D eigenvalue weighted by Crippen LogP contribution is 2.46. The molecular weight excluding hydrogens is 294 g/mol. The Morgan fingerprint density at radius 3 is 2.71 bits per heavy atom. The summed E-state index contributed by atoms with van der Waals surface area (Å²) in [5, 5.41) is 13.3. The van der Waals surface area contributed by atoms with Crippen molar-refractivity contribution >= 4 is 34.2 Å². The summed E-state index contributed by atoms with van der Waals surface area (Å²) in [6.45, 7) is 1.97. The van der Waals surface area contributed by atoms with Crippen molar-refractivity contribution in [3.63, 3.8) is 0 Å². The molecule has 1 saturated carbocycles. The molecule has 1 aromatic heterocycles. The first kappa shape index (κ1) is 15.2. The first-order valence-corrected chi connectivity index (χ1v) is 7.41. The van der Waals surface area contributed by atoms with Gasteiger partial charge in [-0.25, -0.2) is 9.59 Å². The van der Waals surface area contributed by atoms with Crippen LogP contribution in [-0.4, -0.2) is 29.6 Å². The quantitative estimate of drug-likeness (QED) is 0.621. The van der Waals surface area contributed by atoms with Gasteiger partial charge in [-0.3, -0.25) is 4.79 Å². The molecule has 0 aromatic carbocycles. The van der Waals surface area contributed by atoms with Gasteiger partial charge in [-0.05, 0) is 36.6 Å². The first-order chi connectivity index (χ1) is 10.0. The molecule has 6 nitrogen and oxygen atoms in total. The lowest BCUT2D eigenvalue weighted by atomic mass is 10.1. The van der Waals surface area contributed by atoms with E-state index >= 15 is 0 Å². The Bertz CT molecular complexity index is 601. The Labute approximate surface area is 125 Å². The van der Waals surface area contributed by atoms with Crippen LogP contribution < -0.4 is 5.32 Å². The Morgan fingerprint density at radius 2 is 2.14 bits per heavy atom. The summed E-state index contributed by atoms with van der Waals surface area (Å²) >= 11 is 1.25. The van der Waals surface area contributed by atoms with Gasteiger partial charge < -0.3 is 15.2 Å². The van der Waals surface area contributed by atoms with Gasteiger partial charge in [0.2, 0.25) is 5.91 Å². The molecule has 0 radical (unpaired) electrons. The number of esters is 1. The molecule has 1 fully saturated rings. The van der Waals surface area contributed by atoms with Crippen LogP contribution in [0.15, 0.2) is 17.5 Å². The van der Waals surface area contributed by atoms with Gasteiger partial charge >= 0.3 is 11.9 Å². The number of carbonyl (C=O) groups is 3. The third kappa shape index (κ3) is 3.91. The van der Waals surface area contributed by atoms with Crippen LogP contribution in [0, 0.1) is 0 Å². The van der Waals surface area contributed by atoms with Gasteiger partial charge in [-0.1, -0.05) is 0 Å². The van der Waals surface area contributed by atoms with Crippen LogP contribution in [0.4, 0.5) is 5.00 Å². The van der Waals surface area contributed by atoms with E-state index in [1.54, 1.807) is 6.92 Å². The zero-order chi connectivity index (χ0) is 15.4. The van der Waals surface area contributed by atoms with Gasteiger partial charge in [0.15, 0.2) is 0 Å². The predicted molar refractivity (Wildman–Crippen MR) is 77.7 cm³/mol. The minimum atomic E-state index is -1.21. The van der Waals surface area contributed by atoms with Gasteiger partial charge in [0.25, 0.3) is 0 Å². The van der Waals surface area contributed by atoms with E-state index in [0.29, 0.717) is 16.5 Å². The number of amides is 1. The maximum absolute atomic E-state index is 12.0. The summed E-state index contributed by atoms with van der Waals surface area (Å²) in [6.07, 6.45) is 3.70. The summed E-state index contributed by atoms with van der Waals surface area (Å²) in [5.41, 5.74) is 1.29. The SMILES string of the molecule is CCOC(=O)c1c(C2CC2)csc1NC(=O)/C=C/C(=O)O. The molecule has 1 aromatic rings. The predicted octanol–water partition coefficient (Wildman–Crippen LogP) is 2.38. The lowest BCUT2D eigenvalue weighted by Crippen LogP contribution is -2.13. The van der Waals surface area contributed by atoms with E-state index in [1.165, 1.54) is 11.3 Å². The molecule has 7 heteroatoms. The molecule has 0 aliphatic heterocycles. The van der Waals surface area contributed by atoms with Crippen LogP contribution in [0.2, 0.25) is 0 Å². The highest BCUT2D eigenvalue weighted by molar-refractivity contribution is 7.15. The molecule has 1 aliphatic carbocycles. The van der Waals surface area contributed by atoms with Crippen molar-refractivity contribution < 1.29 is 24.2 Å². The fourth-order valence-corrected chi connectivity index (χ4v) is 2.91. The van der Waals surface area contributed by atoms with Crippen LogP contribution in [0.5, 0.6) is 0 Å². The van der Waals surface area contributed by atoms with E-state index in [9.17, 15) is 14.4 Å². The number of carbonyl (C=O) groups excluding carboxylic acids is 2. The van der Waals surface area contributed by atoms with E-state index in [4.69, 9.17) is 9.84 Å².